The summed E-state index contributed by atoms with van der Waals surface area (Å²) in [6, 6.07) is 7.44. The Morgan fingerprint density at radius 1 is 1.38 bits per heavy atom. The second kappa shape index (κ2) is 4.44. The highest BCUT2D eigenvalue weighted by Crippen LogP contribution is 2.32. The van der Waals surface area contributed by atoms with Crippen LogP contribution < -0.4 is 5.32 Å². The molecular weight excluding hydrogens is 226 g/mol. The first-order valence-electron chi connectivity index (χ1n) is 5.35. The summed E-state index contributed by atoms with van der Waals surface area (Å²) in [4.78, 5) is 11.1. The molecule has 0 spiro atoms. The van der Waals surface area contributed by atoms with E-state index in [2.05, 4.69) is 5.32 Å². The number of hydrogen-bond donors (Lipinski definition) is 2. The Bertz CT molecular complexity index is 385. The third kappa shape index (κ3) is 2.20. The Hall–Kier alpha value is -1.06. The zero-order chi connectivity index (χ0) is 11.6. The molecule has 0 saturated heterocycles. The lowest BCUT2D eigenvalue weighted by Crippen LogP contribution is -2.56. The highest BCUT2D eigenvalue weighted by atomic mass is 35.5. The number of aliphatic carboxylic acids is 1. The van der Waals surface area contributed by atoms with Crippen LogP contribution in [0.15, 0.2) is 24.3 Å². The average molecular weight is 240 g/mol. The number of carboxylic acids is 1. The van der Waals surface area contributed by atoms with Crippen molar-refractivity contribution < 1.29 is 9.90 Å². The predicted molar refractivity (Wildman–Crippen MR) is 62.5 cm³/mol. The molecule has 4 heteroatoms. The van der Waals surface area contributed by atoms with Gasteiger partial charge in [0.2, 0.25) is 0 Å². The fraction of sp³-hybridized carbons (Fsp3) is 0.417. The monoisotopic (exact) mass is 239 g/mol. The van der Waals surface area contributed by atoms with Crippen LogP contribution in [-0.2, 0) is 11.3 Å². The van der Waals surface area contributed by atoms with Gasteiger partial charge in [-0.1, -0.05) is 23.7 Å². The Morgan fingerprint density at radius 3 is 2.44 bits per heavy atom. The van der Waals surface area contributed by atoms with Crippen LogP contribution in [-0.4, -0.2) is 16.6 Å². The van der Waals surface area contributed by atoms with Crippen LogP contribution in [0.3, 0.4) is 0 Å². The van der Waals surface area contributed by atoms with Gasteiger partial charge in [-0.05, 0) is 37.0 Å². The third-order valence-electron chi connectivity index (χ3n) is 3.16. The summed E-state index contributed by atoms with van der Waals surface area (Å²) < 4.78 is 0. The van der Waals surface area contributed by atoms with Gasteiger partial charge in [0.05, 0.1) is 0 Å². The van der Waals surface area contributed by atoms with Gasteiger partial charge < -0.3 is 5.11 Å². The Morgan fingerprint density at radius 2 is 2.00 bits per heavy atom. The van der Waals surface area contributed by atoms with E-state index in [-0.39, 0.29) is 0 Å². The van der Waals surface area contributed by atoms with Crippen LogP contribution in [0.1, 0.15) is 24.8 Å². The van der Waals surface area contributed by atoms with Crippen molar-refractivity contribution in [2.24, 2.45) is 0 Å². The van der Waals surface area contributed by atoms with Gasteiger partial charge in [-0.25, -0.2) is 0 Å². The molecule has 16 heavy (non-hydrogen) atoms. The standard InChI is InChI=1S/C12H14ClNO2/c13-10-4-2-9(3-5-10)8-14-12(11(15)16)6-1-7-12/h2-5,14H,1,6-8H2,(H,15,16). The van der Waals surface area contributed by atoms with Crippen molar-refractivity contribution >= 4 is 17.6 Å². The molecule has 3 nitrogen and oxygen atoms in total. The predicted octanol–water partition coefficient (Wildman–Crippen LogP) is 2.44. The third-order valence-corrected chi connectivity index (χ3v) is 3.41. The van der Waals surface area contributed by atoms with E-state index in [9.17, 15) is 4.79 Å². The summed E-state index contributed by atoms with van der Waals surface area (Å²) in [6.07, 6.45) is 2.42. The summed E-state index contributed by atoms with van der Waals surface area (Å²) in [5.74, 6) is -0.743. The van der Waals surface area contributed by atoms with E-state index >= 15 is 0 Å². The van der Waals surface area contributed by atoms with Crippen molar-refractivity contribution in [3.8, 4) is 0 Å². The molecule has 1 aromatic rings. The maximum absolute atomic E-state index is 11.1. The number of halogens is 1. The highest BCUT2D eigenvalue weighted by molar-refractivity contribution is 6.30. The first-order chi connectivity index (χ1) is 7.62. The van der Waals surface area contributed by atoms with E-state index in [0.29, 0.717) is 11.6 Å². The van der Waals surface area contributed by atoms with Gasteiger partial charge in [0.15, 0.2) is 0 Å². The minimum atomic E-state index is -0.743. The first kappa shape index (κ1) is 11.4. The Kier molecular flexibility index (Phi) is 3.17. The minimum Gasteiger partial charge on any atom is -0.480 e. The van der Waals surface area contributed by atoms with Crippen LogP contribution in [0.2, 0.25) is 5.02 Å². The van der Waals surface area contributed by atoms with Crippen molar-refractivity contribution in [3.05, 3.63) is 34.9 Å². The smallest absolute Gasteiger partial charge is 0.323 e. The van der Waals surface area contributed by atoms with Crippen LogP contribution in [0.5, 0.6) is 0 Å². The van der Waals surface area contributed by atoms with Gasteiger partial charge in [0, 0.05) is 11.6 Å². The number of carbonyl (C=O) groups is 1. The van der Waals surface area contributed by atoms with Crippen molar-refractivity contribution in [1.82, 2.24) is 5.32 Å². The quantitative estimate of drug-likeness (QED) is 0.849. The van der Waals surface area contributed by atoms with Gasteiger partial charge in [-0.3, -0.25) is 10.1 Å². The number of rotatable bonds is 4. The van der Waals surface area contributed by atoms with E-state index in [1.54, 1.807) is 0 Å². The molecule has 0 bridgehead atoms. The lowest BCUT2D eigenvalue weighted by molar-refractivity contribution is -0.148. The molecule has 1 saturated carbocycles. The Labute approximate surface area is 99.4 Å². The lowest BCUT2D eigenvalue weighted by atomic mass is 9.76. The fourth-order valence-corrected chi connectivity index (χ4v) is 2.00. The molecule has 2 N–H and O–H groups in total. The van der Waals surface area contributed by atoms with Crippen molar-refractivity contribution in [3.63, 3.8) is 0 Å². The normalized spacial score (nSPS) is 17.8. The molecule has 0 unspecified atom stereocenters. The first-order valence-corrected chi connectivity index (χ1v) is 5.73. The number of carboxylic acid groups (broad SMARTS) is 1. The van der Waals surface area contributed by atoms with E-state index in [0.717, 1.165) is 24.8 Å². The summed E-state index contributed by atoms with van der Waals surface area (Å²) in [7, 11) is 0. The number of nitrogens with one attached hydrogen (secondary N) is 1. The van der Waals surface area contributed by atoms with Crippen molar-refractivity contribution in [2.45, 2.75) is 31.3 Å². The molecule has 1 aliphatic carbocycles. The highest BCUT2D eigenvalue weighted by Gasteiger charge is 2.43. The maximum Gasteiger partial charge on any atom is 0.323 e. The summed E-state index contributed by atoms with van der Waals surface area (Å²) in [6.45, 7) is 0.573. The topological polar surface area (TPSA) is 49.3 Å². The number of hydrogen-bond acceptors (Lipinski definition) is 2. The number of benzene rings is 1. The van der Waals surface area contributed by atoms with E-state index in [1.165, 1.54) is 0 Å². The van der Waals surface area contributed by atoms with Gasteiger partial charge in [0.25, 0.3) is 0 Å². The second-order valence-corrected chi connectivity index (χ2v) is 4.66. The molecule has 0 amide bonds. The summed E-state index contributed by atoms with van der Waals surface area (Å²) in [5.41, 5.74) is 0.358. The van der Waals surface area contributed by atoms with Crippen molar-refractivity contribution in [2.75, 3.05) is 0 Å². The maximum atomic E-state index is 11.1. The van der Waals surface area contributed by atoms with Gasteiger partial charge in [0.1, 0.15) is 5.54 Å². The average Bonchev–Trinajstić information content (AvgIpc) is 2.18. The molecule has 0 atom stereocenters. The molecule has 0 aromatic heterocycles. The molecule has 1 aromatic carbocycles. The second-order valence-electron chi connectivity index (χ2n) is 4.22. The van der Waals surface area contributed by atoms with Crippen molar-refractivity contribution in [1.29, 1.82) is 0 Å². The molecule has 86 valence electrons. The van der Waals surface area contributed by atoms with Gasteiger partial charge >= 0.3 is 5.97 Å². The van der Waals surface area contributed by atoms with Gasteiger partial charge in [-0.15, -0.1) is 0 Å². The van der Waals surface area contributed by atoms with Crippen LogP contribution in [0, 0.1) is 0 Å². The zero-order valence-corrected chi connectivity index (χ0v) is 9.63. The summed E-state index contributed by atoms with van der Waals surface area (Å²) in [5, 5.41) is 12.9. The van der Waals surface area contributed by atoms with Gasteiger partial charge in [-0.2, -0.15) is 0 Å². The van der Waals surface area contributed by atoms with E-state index in [1.807, 2.05) is 24.3 Å². The van der Waals surface area contributed by atoms with Crippen LogP contribution >= 0.6 is 11.6 Å². The zero-order valence-electron chi connectivity index (χ0n) is 8.87. The lowest BCUT2D eigenvalue weighted by Gasteiger charge is -2.38. The largest absolute Gasteiger partial charge is 0.480 e. The Balaban J connectivity index is 1.96. The molecule has 0 aliphatic heterocycles. The van der Waals surface area contributed by atoms with E-state index in [4.69, 9.17) is 16.7 Å². The van der Waals surface area contributed by atoms with E-state index < -0.39 is 11.5 Å². The minimum absolute atomic E-state index is 0.573. The molecular formula is C12H14ClNO2. The SMILES string of the molecule is O=C(O)C1(NCc2ccc(Cl)cc2)CCC1. The molecule has 1 fully saturated rings. The molecule has 2 rings (SSSR count). The summed E-state index contributed by atoms with van der Waals surface area (Å²) >= 11 is 5.78. The molecule has 0 radical (unpaired) electrons. The molecule has 1 aliphatic rings. The fourth-order valence-electron chi connectivity index (χ4n) is 1.87. The van der Waals surface area contributed by atoms with Crippen LogP contribution in [0.25, 0.3) is 0 Å². The van der Waals surface area contributed by atoms with Crippen LogP contribution in [0.4, 0.5) is 0 Å². The molecule has 0 heterocycles.